The first kappa shape index (κ1) is 15.8. The fourth-order valence-electron chi connectivity index (χ4n) is 2.80. The molecule has 2 atom stereocenters. The van der Waals surface area contributed by atoms with E-state index < -0.39 is 4.92 Å². The molecular formula is C15H19ClN2O3. The van der Waals surface area contributed by atoms with Crippen molar-refractivity contribution in [2.24, 2.45) is 5.92 Å². The van der Waals surface area contributed by atoms with Gasteiger partial charge >= 0.3 is 0 Å². The summed E-state index contributed by atoms with van der Waals surface area (Å²) in [6.45, 7) is 1.78. The van der Waals surface area contributed by atoms with Crippen LogP contribution >= 0.6 is 11.6 Å². The first-order chi connectivity index (χ1) is 10.0. The minimum atomic E-state index is -0.488. The second-order valence-electron chi connectivity index (χ2n) is 5.54. The number of halogens is 1. The Bertz CT molecular complexity index is 548. The second kappa shape index (κ2) is 6.89. The van der Waals surface area contributed by atoms with Gasteiger partial charge < -0.3 is 5.32 Å². The Morgan fingerprint density at radius 1 is 1.43 bits per heavy atom. The lowest BCUT2D eigenvalue weighted by atomic mass is 9.85. The summed E-state index contributed by atoms with van der Waals surface area (Å²) in [5.41, 5.74) is 1.03. The Balaban J connectivity index is 2.16. The highest BCUT2D eigenvalue weighted by Crippen LogP contribution is 2.26. The number of carbonyl (C=O) groups excluding carboxylic acids is 1. The first-order valence-corrected chi connectivity index (χ1v) is 7.68. The fraction of sp³-hybridized carbons (Fsp3) is 0.533. The van der Waals surface area contributed by atoms with Crippen molar-refractivity contribution in [3.05, 3.63) is 39.4 Å². The first-order valence-electron chi connectivity index (χ1n) is 7.14. The van der Waals surface area contributed by atoms with Gasteiger partial charge in [-0.25, -0.2) is 0 Å². The lowest BCUT2D eigenvalue weighted by Gasteiger charge is -2.31. The summed E-state index contributed by atoms with van der Waals surface area (Å²) in [7, 11) is 0. The van der Waals surface area contributed by atoms with Gasteiger partial charge in [-0.2, -0.15) is 0 Å². The molecule has 6 heteroatoms. The summed E-state index contributed by atoms with van der Waals surface area (Å²) in [4.78, 5) is 22.7. The number of non-ortho nitro benzene ring substituents is 1. The minimum absolute atomic E-state index is 0.0578. The van der Waals surface area contributed by atoms with Crippen LogP contribution < -0.4 is 5.32 Å². The van der Waals surface area contributed by atoms with Crippen LogP contribution in [0.1, 0.15) is 41.6 Å². The van der Waals surface area contributed by atoms with E-state index in [1.165, 1.54) is 12.1 Å². The molecule has 0 aromatic heterocycles. The zero-order valence-corrected chi connectivity index (χ0v) is 12.7. The van der Waals surface area contributed by atoms with Crippen molar-refractivity contribution in [3.8, 4) is 0 Å². The molecule has 1 aromatic rings. The number of alkyl halides is 1. The van der Waals surface area contributed by atoms with Gasteiger partial charge in [0.1, 0.15) is 0 Å². The van der Waals surface area contributed by atoms with Crippen molar-refractivity contribution in [3.63, 3.8) is 0 Å². The molecule has 0 radical (unpaired) electrons. The third-order valence-corrected chi connectivity index (χ3v) is 4.50. The lowest BCUT2D eigenvalue weighted by molar-refractivity contribution is -0.384. The Hall–Kier alpha value is -1.62. The predicted molar refractivity (Wildman–Crippen MR) is 81.8 cm³/mol. The number of nitro groups is 1. The number of amides is 1. The van der Waals surface area contributed by atoms with Crippen molar-refractivity contribution in [1.82, 2.24) is 5.32 Å². The zero-order chi connectivity index (χ0) is 15.4. The molecule has 0 bridgehead atoms. The summed E-state index contributed by atoms with van der Waals surface area (Å²) in [5, 5.41) is 13.8. The van der Waals surface area contributed by atoms with Crippen LogP contribution in [0.5, 0.6) is 0 Å². The maximum Gasteiger partial charge on any atom is 0.270 e. The highest BCUT2D eigenvalue weighted by molar-refractivity contribution is 6.18. The van der Waals surface area contributed by atoms with Gasteiger partial charge in [0.2, 0.25) is 0 Å². The quantitative estimate of drug-likeness (QED) is 0.526. The van der Waals surface area contributed by atoms with Crippen molar-refractivity contribution in [2.75, 3.05) is 5.88 Å². The predicted octanol–water partition coefficient (Wildman–Crippen LogP) is 3.43. The smallest absolute Gasteiger partial charge is 0.270 e. The van der Waals surface area contributed by atoms with Gasteiger partial charge in [0.15, 0.2) is 0 Å². The van der Waals surface area contributed by atoms with Crippen molar-refractivity contribution < 1.29 is 9.72 Å². The zero-order valence-electron chi connectivity index (χ0n) is 12.0. The van der Waals surface area contributed by atoms with E-state index in [4.69, 9.17) is 11.6 Å². The van der Waals surface area contributed by atoms with E-state index in [1.54, 1.807) is 13.0 Å². The molecule has 114 valence electrons. The number of nitrogens with one attached hydrogen (secondary N) is 1. The summed E-state index contributed by atoms with van der Waals surface area (Å²) in [6, 6.07) is 4.41. The average molecular weight is 311 g/mol. The highest BCUT2D eigenvalue weighted by atomic mass is 35.5. The van der Waals surface area contributed by atoms with E-state index in [2.05, 4.69) is 5.32 Å². The van der Waals surface area contributed by atoms with E-state index >= 15 is 0 Å². The van der Waals surface area contributed by atoms with Gasteiger partial charge in [0.25, 0.3) is 11.6 Å². The number of nitrogens with zero attached hydrogens (tertiary/aromatic N) is 1. The Labute approximate surface area is 128 Å². The maximum absolute atomic E-state index is 12.4. The summed E-state index contributed by atoms with van der Waals surface area (Å²) in [5.74, 6) is 0.556. The lowest BCUT2D eigenvalue weighted by Crippen LogP contribution is -2.43. The minimum Gasteiger partial charge on any atom is -0.349 e. The fourth-order valence-corrected chi connectivity index (χ4v) is 3.17. The van der Waals surface area contributed by atoms with Crippen LogP contribution in [-0.4, -0.2) is 22.8 Å². The van der Waals surface area contributed by atoms with Gasteiger partial charge in [0, 0.05) is 29.6 Å². The molecule has 1 aliphatic carbocycles. The Morgan fingerprint density at radius 3 is 2.81 bits per heavy atom. The number of hydrogen-bond acceptors (Lipinski definition) is 3. The number of nitro benzene ring substituents is 1. The number of benzene rings is 1. The molecule has 0 heterocycles. The molecule has 1 aliphatic rings. The third kappa shape index (κ3) is 3.73. The van der Waals surface area contributed by atoms with Crippen LogP contribution in [0.4, 0.5) is 5.69 Å². The maximum atomic E-state index is 12.4. The summed E-state index contributed by atoms with van der Waals surface area (Å²) >= 11 is 5.96. The van der Waals surface area contributed by atoms with Gasteiger partial charge in [-0.3, -0.25) is 14.9 Å². The molecule has 0 aliphatic heterocycles. The number of carbonyl (C=O) groups is 1. The van der Waals surface area contributed by atoms with Crippen LogP contribution in [0.15, 0.2) is 18.2 Å². The normalized spacial score (nSPS) is 21.8. The molecule has 21 heavy (non-hydrogen) atoms. The van der Waals surface area contributed by atoms with Gasteiger partial charge in [-0.1, -0.05) is 18.9 Å². The topological polar surface area (TPSA) is 72.2 Å². The summed E-state index contributed by atoms with van der Waals surface area (Å²) < 4.78 is 0. The molecule has 1 N–H and O–H groups in total. The summed E-state index contributed by atoms with van der Waals surface area (Å²) in [6.07, 6.45) is 4.14. The molecule has 2 unspecified atom stereocenters. The number of aryl methyl sites for hydroxylation is 1. The van der Waals surface area contributed by atoms with Gasteiger partial charge in [-0.15, -0.1) is 11.6 Å². The molecule has 5 nitrogen and oxygen atoms in total. The van der Waals surface area contributed by atoms with E-state index in [1.807, 2.05) is 0 Å². The molecule has 0 spiro atoms. The van der Waals surface area contributed by atoms with E-state index in [0.717, 1.165) is 31.2 Å². The van der Waals surface area contributed by atoms with E-state index in [-0.39, 0.29) is 23.6 Å². The molecular weight excluding hydrogens is 292 g/mol. The SMILES string of the molecule is Cc1ccc([N+](=O)[O-])cc1C(=O)NC1CCCCC1CCl. The second-order valence-corrected chi connectivity index (χ2v) is 5.84. The molecule has 2 rings (SSSR count). The third-order valence-electron chi connectivity index (χ3n) is 4.10. The molecule has 1 saturated carbocycles. The number of hydrogen-bond donors (Lipinski definition) is 1. The average Bonchev–Trinajstić information content (AvgIpc) is 2.47. The van der Waals surface area contributed by atoms with Crippen molar-refractivity contribution in [1.29, 1.82) is 0 Å². The standard InChI is InChI=1S/C15H19ClN2O3/c1-10-6-7-12(18(20)21)8-13(10)15(19)17-14-5-3-2-4-11(14)9-16/h6-8,11,14H,2-5,9H2,1H3,(H,17,19). The molecule has 1 amide bonds. The van der Waals surface area contributed by atoms with Crippen LogP contribution in [0.25, 0.3) is 0 Å². The van der Waals surface area contributed by atoms with Crippen LogP contribution in [0.3, 0.4) is 0 Å². The van der Waals surface area contributed by atoms with Crippen LogP contribution in [0, 0.1) is 23.0 Å². The number of rotatable bonds is 4. The van der Waals surface area contributed by atoms with Gasteiger partial charge in [0.05, 0.1) is 4.92 Å². The van der Waals surface area contributed by atoms with E-state index in [9.17, 15) is 14.9 Å². The Kier molecular flexibility index (Phi) is 5.17. The molecule has 1 fully saturated rings. The van der Waals surface area contributed by atoms with Crippen LogP contribution in [-0.2, 0) is 0 Å². The van der Waals surface area contributed by atoms with Crippen molar-refractivity contribution >= 4 is 23.2 Å². The highest BCUT2D eigenvalue weighted by Gasteiger charge is 2.26. The van der Waals surface area contributed by atoms with Crippen LogP contribution in [0.2, 0.25) is 0 Å². The van der Waals surface area contributed by atoms with Crippen molar-refractivity contribution in [2.45, 2.75) is 38.6 Å². The Morgan fingerprint density at radius 2 is 2.14 bits per heavy atom. The largest absolute Gasteiger partial charge is 0.349 e. The molecule has 1 aromatic carbocycles. The van der Waals surface area contributed by atoms with Gasteiger partial charge in [-0.05, 0) is 31.2 Å². The monoisotopic (exact) mass is 310 g/mol. The molecule has 0 saturated heterocycles. The van der Waals surface area contributed by atoms with E-state index in [0.29, 0.717) is 11.4 Å².